The van der Waals surface area contributed by atoms with Crippen molar-refractivity contribution in [3.8, 4) is 5.75 Å². The van der Waals surface area contributed by atoms with Gasteiger partial charge in [-0.25, -0.2) is 5.14 Å². The van der Waals surface area contributed by atoms with E-state index >= 15 is 0 Å². The predicted octanol–water partition coefficient (Wildman–Crippen LogP) is 0.939. The lowest BCUT2D eigenvalue weighted by atomic mass is 10.1. The van der Waals surface area contributed by atoms with Crippen LogP contribution in [0, 0.1) is 0 Å². The average molecular weight is 244 g/mol. The standard InChI is InChI=1S/C10H16N2O3S/c1-3-15-10-6-4-9(5-7-10)8(2)12-16(11,13)14/h4-8,12H,3H2,1-2H3,(H2,11,13,14). The van der Waals surface area contributed by atoms with Crippen LogP contribution < -0.4 is 14.6 Å². The number of hydrogen-bond acceptors (Lipinski definition) is 3. The minimum absolute atomic E-state index is 0.356. The molecule has 0 aliphatic heterocycles. The van der Waals surface area contributed by atoms with Crippen LogP contribution in [-0.2, 0) is 10.2 Å². The van der Waals surface area contributed by atoms with E-state index in [1.807, 2.05) is 6.92 Å². The van der Waals surface area contributed by atoms with Gasteiger partial charge < -0.3 is 4.74 Å². The highest BCUT2D eigenvalue weighted by molar-refractivity contribution is 7.87. The van der Waals surface area contributed by atoms with E-state index < -0.39 is 10.2 Å². The van der Waals surface area contributed by atoms with Crippen LogP contribution in [0.4, 0.5) is 0 Å². The van der Waals surface area contributed by atoms with Crippen molar-refractivity contribution < 1.29 is 13.2 Å². The van der Waals surface area contributed by atoms with E-state index in [0.717, 1.165) is 11.3 Å². The molecule has 0 bridgehead atoms. The van der Waals surface area contributed by atoms with Crippen molar-refractivity contribution in [2.45, 2.75) is 19.9 Å². The van der Waals surface area contributed by atoms with Gasteiger partial charge in [-0.05, 0) is 31.5 Å². The molecule has 16 heavy (non-hydrogen) atoms. The second-order valence-electron chi connectivity index (χ2n) is 3.39. The molecule has 1 aromatic carbocycles. The number of benzene rings is 1. The third-order valence-corrected chi connectivity index (χ3v) is 2.71. The van der Waals surface area contributed by atoms with Crippen molar-refractivity contribution in [3.05, 3.63) is 29.8 Å². The lowest BCUT2D eigenvalue weighted by molar-refractivity contribution is 0.340. The predicted molar refractivity (Wildman–Crippen MR) is 62.3 cm³/mol. The fraction of sp³-hybridized carbons (Fsp3) is 0.400. The van der Waals surface area contributed by atoms with E-state index in [1.54, 1.807) is 31.2 Å². The van der Waals surface area contributed by atoms with Gasteiger partial charge in [0.05, 0.1) is 6.61 Å². The van der Waals surface area contributed by atoms with Gasteiger partial charge in [0.1, 0.15) is 5.75 Å². The first-order valence-corrected chi connectivity index (χ1v) is 6.50. The Bertz CT molecular complexity index is 428. The zero-order chi connectivity index (χ0) is 12.2. The minimum Gasteiger partial charge on any atom is -0.494 e. The number of rotatable bonds is 5. The number of ether oxygens (including phenoxy) is 1. The van der Waals surface area contributed by atoms with Crippen LogP contribution in [0.25, 0.3) is 0 Å². The molecule has 0 radical (unpaired) electrons. The van der Waals surface area contributed by atoms with Gasteiger partial charge in [0.25, 0.3) is 10.2 Å². The molecule has 1 rings (SSSR count). The zero-order valence-corrected chi connectivity index (χ0v) is 10.1. The molecule has 0 aromatic heterocycles. The Balaban J connectivity index is 2.74. The second-order valence-corrected chi connectivity index (χ2v) is 4.71. The summed E-state index contributed by atoms with van der Waals surface area (Å²) in [7, 11) is -3.67. The highest BCUT2D eigenvalue weighted by Crippen LogP contribution is 2.17. The first kappa shape index (κ1) is 13.0. The molecular weight excluding hydrogens is 228 g/mol. The lowest BCUT2D eigenvalue weighted by Gasteiger charge is -2.12. The van der Waals surface area contributed by atoms with Gasteiger partial charge in [-0.2, -0.15) is 13.1 Å². The number of nitrogens with one attached hydrogen (secondary N) is 1. The topological polar surface area (TPSA) is 81.4 Å². The summed E-state index contributed by atoms with van der Waals surface area (Å²) in [6, 6.07) is 6.83. The molecule has 0 saturated carbocycles. The zero-order valence-electron chi connectivity index (χ0n) is 9.30. The van der Waals surface area contributed by atoms with Crippen LogP contribution in [0.5, 0.6) is 5.75 Å². The SMILES string of the molecule is CCOc1ccc(C(C)NS(N)(=O)=O)cc1. The van der Waals surface area contributed by atoms with Gasteiger partial charge in [0, 0.05) is 6.04 Å². The Morgan fingerprint density at radius 2 is 1.94 bits per heavy atom. The Hall–Kier alpha value is -1.11. The molecule has 6 heteroatoms. The third-order valence-electron chi connectivity index (χ3n) is 2.03. The number of hydrogen-bond donors (Lipinski definition) is 2. The summed E-state index contributed by atoms with van der Waals surface area (Å²) in [4.78, 5) is 0. The molecule has 0 aliphatic carbocycles. The van der Waals surface area contributed by atoms with Gasteiger partial charge >= 0.3 is 0 Å². The molecular formula is C10H16N2O3S. The van der Waals surface area contributed by atoms with Crippen molar-refractivity contribution in [1.82, 2.24) is 4.72 Å². The summed E-state index contributed by atoms with van der Waals surface area (Å²) in [6.07, 6.45) is 0. The fourth-order valence-corrected chi connectivity index (χ4v) is 1.96. The Labute approximate surface area is 95.8 Å². The van der Waals surface area contributed by atoms with Crippen molar-refractivity contribution >= 4 is 10.2 Å². The molecule has 0 fully saturated rings. The van der Waals surface area contributed by atoms with Crippen molar-refractivity contribution in [2.24, 2.45) is 5.14 Å². The highest BCUT2D eigenvalue weighted by Gasteiger charge is 2.10. The molecule has 0 aliphatic rings. The average Bonchev–Trinajstić information content (AvgIpc) is 2.16. The maximum atomic E-state index is 10.8. The molecule has 1 atom stereocenters. The fourth-order valence-electron chi connectivity index (χ4n) is 1.33. The maximum Gasteiger partial charge on any atom is 0.274 e. The summed E-state index contributed by atoms with van der Waals surface area (Å²) < 4.78 is 29.2. The van der Waals surface area contributed by atoms with E-state index in [1.165, 1.54) is 0 Å². The number of nitrogens with two attached hydrogens (primary N) is 1. The minimum atomic E-state index is -3.67. The van der Waals surface area contributed by atoms with Gasteiger partial charge in [0.2, 0.25) is 0 Å². The Morgan fingerprint density at radius 3 is 2.38 bits per heavy atom. The molecule has 0 amide bonds. The molecule has 3 N–H and O–H groups in total. The monoisotopic (exact) mass is 244 g/mol. The molecule has 1 unspecified atom stereocenters. The van der Waals surface area contributed by atoms with E-state index in [9.17, 15) is 8.42 Å². The van der Waals surface area contributed by atoms with Gasteiger partial charge in [-0.15, -0.1) is 0 Å². The van der Waals surface area contributed by atoms with Crippen molar-refractivity contribution in [3.63, 3.8) is 0 Å². The van der Waals surface area contributed by atoms with Crippen LogP contribution in [0.1, 0.15) is 25.5 Å². The molecule has 0 spiro atoms. The van der Waals surface area contributed by atoms with Crippen molar-refractivity contribution in [1.29, 1.82) is 0 Å². The second kappa shape index (κ2) is 5.29. The van der Waals surface area contributed by atoms with Gasteiger partial charge in [-0.1, -0.05) is 12.1 Å². The van der Waals surface area contributed by atoms with E-state index in [0.29, 0.717) is 6.61 Å². The van der Waals surface area contributed by atoms with Crippen LogP contribution in [0.15, 0.2) is 24.3 Å². The third kappa shape index (κ3) is 4.18. The Kier molecular flexibility index (Phi) is 4.28. The normalized spacial score (nSPS) is 13.4. The molecule has 0 saturated heterocycles. The molecule has 5 nitrogen and oxygen atoms in total. The largest absolute Gasteiger partial charge is 0.494 e. The Morgan fingerprint density at radius 1 is 1.38 bits per heavy atom. The molecule has 90 valence electrons. The first-order valence-electron chi connectivity index (χ1n) is 4.95. The first-order chi connectivity index (χ1) is 7.42. The maximum absolute atomic E-state index is 10.8. The smallest absolute Gasteiger partial charge is 0.274 e. The van der Waals surface area contributed by atoms with Gasteiger partial charge in [0.15, 0.2) is 0 Å². The van der Waals surface area contributed by atoms with E-state index in [2.05, 4.69) is 4.72 Å². The molecule has 1 aromatic rings. The van der Waals surface area contributed by atoms with Crippen LogP contribution in [0.2, 0.25) is 0 Å². The summed E-state index contributed by atoms with van der Waals surface area (Å²) >= 11 is 0. The summed E-state index contributed by atoms with van der Waals surface area (Å²) in [5.74, 6) is 0.758. The van der Waals surface area contributed by atoms with E-state index in [4.69, 9.17) is 9.88 Å². The van der Waals surface area contributed by atoms with Crippen molar-refractivity contribution in [2.75, 3.05) is 6.61 Å². The summed E-state index contributed by atoms with van der Waals surface area (Å²) in [5.41, 5.74) is 0.831. The summed E-state index contributed by atoms with van der Waals surface area (Å²) in [5, 5.41) is 4.89. The quantitative estimate of drug-likeness (QED) is 0.808. The summed E-state index contributed by atoms with van der Waals surface area (Å²) in [6.45, 7) is 4.23. The van der Waals surface area contributed by atoms with Crippen LogP contribution in [0.3, 0.4) is 0 Å². The van der Waals surface area contributed by atoms with E-state index in [-0.39, 0.29) is 6.04 Å². The van der Waals surface area contributed by atoms with Crippen LogP contribution in [-0.4, -0.2) is 15.0 Å². The van der Waals surface area contributed by atoms with Gasteiger partial charge in [-0.3, -0.25) is 0 Å². The lowest BCUT2D eigenvalue weighted by Crippen LogP contribution is -2.32. The van der Waals surface area contributed by atoms with Crippen LogP contribution >= 0.6 is 0 Å². The molecule has 0 heterocycles. The highest BCUT2D eigenvalue weighted by atomic mass is 32.2.